The van der Waals surface area contributed by atoms with E-state index in [-0.39, 0.29) is 24.9 Å². The number of halogens is 1. The predicted molar refractivity (Wildman–Crippen MR) is 97.8 cm³/mol. The van der Waals surface area contributed by atoms with Gasteiger partial charge in [0.15, 0.2) is 12.9 Å². The molecule has 0 aromatic heterocycles. The Bertz CT molecular complexity index is 969. The molecule has 0 bridgehead atoms. The molecule has 0 aliphatic rings. The third-order valence-corrected chi connectivity index (χ3v) is 4.13. The zero-order valence-electron chi connectivity index (χ0n) is 14.3. The Morgan fingerprint density at radius 1 is 1.15 bits per heavy atom. The molecule has 0 unspecified atom stereocenters. The number of nitrogens with one attached hydrogen (secondary N) is 1. The SMILES string of the molecule is Cc1ccc(CNC(=O)COc2ccc3ccccc3c2C=O)cc1F. The van der Waals surface area contributed by atoms with Crippen molar-refractivity contribution in [3.63, 3.8) is 0 Å². The molecule has 132 valence electrons. The summed E-state index contributed by atoms with van der Waals surface area (Å²) in [5, 5.41) is 4.37. The van der Waals surface area contributed by atoms with Crippen molar-refractivity contribution in [2.45, 2.75) is 13.5 Å². The van der Waals surface area contributed by atoms with Gasteiger partial charge in [-0.05, 0) is 41.0 Å². The Hall–Kier alpha value is -3.21. The summed E-state index contributed by atoms with van der Waals surface area (Å²) in [5.74, 6) is -0.300. The lowest BCUT2D eigenvalue weighted by molar-refractivity contribution is -0.123. The van der Waals surface area contributed by atoms with Crippen LogP contribution in [0, 0.1) is 12.7 Å². The fourth-order valence-electron chi connectivity index (χ4n) is 2.66. The van der Waals surface area contributed by atoms with Crippen LogP contribution in [0.3, 0.4) is 0 Å². The van der Waals surface area contributed by atoms with Gasteiger partial charge < -0.3 is 10.1 Å². The maximum atomic E-state index is 13.5. The quantitative estimate of drug-likeness (QED) is 0.688. The van der Waals surface area contributed by atoms with Crippen LogP contribution in [-0.2, 0) is 11.3 Å². The number of hydrogen-bond acceptors (Lipinski definition) is 3. The van der Waals surface area contributed by atoms with Gasteiger partial charge in [0.1, 0.15) is 11.6 Å². The highest BCUT2D eigenvalue weighted by atomic mass is 19.1. The molecule has 3 aromatic carbocycles. The van der Waals surface area contributed by atoms with Crippen molar-refractivity contribution in [2.24, 2.45) is 0 Å². The van der Waals surface area contributed by atoms with E-state index < -0.39 is 0 Å². The average molecular weight is 351 g/mol. The molecule has 0 heterocycles. The number of ether oxygens (including phenoxy) is 1. The summed E-state index contributed by atoms with van der Waals surface area (Å²) in [5.41, 5.74) is 1.64. The van der Waals surface area contributed by atoms with Crippen molar-refractivity contribution in [3.05, 3.63) is 77.1 Å². The summed E-state index contributed by atoms with van der Waals surface area (Å²) in [6, 6.07) is 15.8. The molecule has 3 rings (SSSR count). The number of rotatable bonds is 6. The zero-order valence-corrected chi connectivity index (χ0v) is 14.3. The highest BCUT2D eigenvalue weighted by Gasteiger charge is 2.10. The minimum Gasteiger partial charge on any atom is -0.483 e. The molecular weight excluding hydrogens is 333 g/mol. The van der Waals surface area contributed by atoms with Crippen molar-refractivity contribution >= 4 is 23.0 Å². The first-order chi connectivity index (χ1) is 12.6. The van der Waals surface area contributed by atoms with Crippen LogP contribution in [0.4, 0.5) is 4.39 Å². The van der Waals surface area contributed by atoms with Crippen molar-refractivity contribution < 1.29 is 18.7 Å². The van der Waals surface area contributed by atoms with Crippen molar-refractivity contribution in [1.82, 2.24) is 5.32 Å². The first kappa shape index (κ1) is 17.6. The number of hydrogen-bond donors (Lipinski definition) is 1. The van der Waals surface area contributed by atoms with Crippen LogP contribution in [0.25, 0.3) is 10.8 Å². The minimum absolute atomic E-state index is 0.206. The van der Waals surface area contributed by atoms with E-state index in [1.54, 1.807) is 25.1 Å². The van der Waals surface area contributed by atoms with Gasteiger partial charge in [-0.3, -0.25) is 9.59 Å². The second-order valence-electron chi connectivity index (χ2n) is 5.97. The van der Waals surface area contributed by atoms with Crippen LogP contribution in [-0.4, -0.2) is 18.8 Å². The number of carbonyl (C=O) groups is 2. The Balaban J connectivity index is 1.63. The van der Waals surface area contributed by atoms with E-state index in [2.05, 4.69) is 5.32 Å². The average Bonchev–Trinajstić information content (AvgIpc) is 2.66. The number of aryl methyl sites for hydroxylation is 1. The first-order valence-electron chi connectivity index (χ1n) is 8.20. The van der Waals surface area contributed by atoms with E-state index in [0.29, 0.717) is 22.4 Å². The smallest absolute Gasteiger partial charge is 0.258 e. The highest BCUT2D eigenvalue weighted by molar-refractivity contribution is 6.00. The predicted octanol–water partition coefficient (Wildman–Crippen LogP) is 3.80. The summed E-state index contributed by atoms with van der Waals surface area (Å²) >= 11 is 0. The van der Waals surface area contributed by atoms with Gasteiger partial charge in [0, 0.05) is 6.54 Å². The highest BCUT2D eigenvalue weighted by Crippen LogP contribution is 2.26. The van der Waals surface area contributed by atoms with Crippen molar-refractivity contribution in [3.8, 4) is 5.75 Å². The molecule has 0 aliphatic carbocycles. The molecule has 0 saturated heterocycles. The Morgan fingerprint density at radius 3 is 2.73 bits per heavy atom. The van der Waals surface area contributed by atoms with E-state index in [0.717, 1.165) is 17.1 Å². The van der Waals surface area contributed by atoms with E-state index in [4.69, 9.17) is 4.74 Å². The summed E-state index contributed by atoms with van der Waals surface area (Å²) in [7, 11) is 0. The molecule has 4 nitrogen and oxygen atoms in total. The number of amides is 1. The van der Waals surface area contributed by atoms with Crippen LogP contribution in [0.5, 0.6) is 5.75 Å². The van der Waals surface area contributed by atoms with Gasteiger partial charge in [0.25, 0.3) is 5.91 Å². The molecule has 0 spiro atoms. The zero-order chi connectivity index (χ0) is 18.5. The van der Waals surface area contributed by atoms with Crippen LogP contribution >= 0.6 is 0 Å². The normalized spacial score (nSPS) is 10.5. The minimum atomic E-state index is -0.351. The standard InChI is InChI=1S/C21H18FNO3/c1-14-6-7-15(10-19(14)22)11-23-21(25)13-26-20-9-8-16-4-2-3-5-17(16)18(20)12-24/h2-10,12H,11,13H2,1H3,(H,23,25). The van der Waals surface area contributed by atoms with Crippen LogP contribution in [0.1, 0.15) is 21.5 Å². The summed E-state index contributed by atoms with van der Waals surface area (Å²) in [6.45, 7) is 1.66. The fourth-order valence-corrected chi connectivity index (χ4v) is 2.66. The Labute approximate surface area is 150 Å². The summed E-state index contributed by atoms with van der Waals surface area (Å²) < 4.78 is 19.0. The van der Waals surface area contributed by atoms with E-state index >= 15 is 0 Å². The van der Waals surface area contributed by atoms with Crippen LogP contribution in [0.2, 0.25) is 0 Å². The monoisotopic (exact) mass is 351 g/mol. The molecule has 1 N–H and O–H groups in total. The third kappa shape index (κ3) is 3.88. The van der Waals surface area contributed by atoms with Gasteiger partial charge in [-0.2, -0.15) is 0 Å². The van der Waals surface area contributed by atoms with Crippen molar-refractivity contribution in [2.75, 3.05) is 6.61 Å². The van der Waals surface area contributed by atoms with Crippen LogP contribution < -0.4 is 10.1 Å². The number of benzene rings is 3. The molecule has 0 fully saturated rings. The number of fused-ring (bicyclic) bond motifs is 1. The van der Waals surface area contributed by atoms with Gasteiger partial charge in [-0.25, -0.2) is 4.39 Å². The second kappa shape index (κ2) is 7.78. The molecule has 3 aromatic rings. The fraction of sp³-hybridized carbons (Fsp3) is 0.143. The van der Waals surface area contributed by atoms with E-state index in [1.807, 2.05) is 30.3 Å². The molecule has 1 amide bonds. The lowest BCUT2D eigenvalue weighted by Gasteiger charge is -2.11. The molecule has 0 aliphatic heterocycles. The Morgan fingerprint density at radius 2 is 1.96 bits per heavy atom. The lowest BCUT2D eigenvalue weighted by atomic mass is 10.0. The molecule has 0 atom stereocenters. The molecule has 0 saturated carbocycles. The topological polar surface area (TPSA) is 55.4 Å². The molecule has 26 heavy (non-hydrogen) atoms. The van der Waals surface area contributed by atoms with Gasteiger partial charge in [-0.15, -0.1) is 0 Å². The van der Waals surface area contributed by atoms with Crippen LogP contribution in [0.15, 0.2) is 54.6 Å². The molecule has 0 radical (unpaired) electrons. The summed E-state index contributed by atoms with van der Waals surface area (Å²) in [4.78, 5) is 23.4. The first-order valence-corrected chi connectivity index (χ1v) is 8.20. The number of carbonyl (C=O) groups excluding carboxylic acids is 2. The van der Waals surface area contributed by atoms with Gasteiger partial charge in [0.2, 0.25) is 0 Å². The lowest BCUT2D eigenvalue weighted by Crippen LogP contribution is -2.28. The maximum absolute atomic E-state index is 13.5. The van der Waals surface area contributed by atoms with E-state index in [9.17, 15) is 14.0 Å². The van der Waals surface area contributed by atoms with Gasteiger partial charge >= 0.3 is 0 Å². The number of aldehydes is 1. The van der Waals surface area contributed by atoms with Gasteiger partial charge in [-0.1, -0.05) is 42.5 Å². The Kier molecular flexibility index (Phi) is 5.27. The summed E-state index contributed by atoms with van der Waals surface area (Å²) in [6.07, 6.45) is 0.727. The van der Waals surface area contributed by atoms with Crippen molar-refractivity contribution in [1.29, 1.82) is 0 Å². The third-order valence-electron chi connectivity index (χ3n) is 4.13. The molecular formula is C21H18FNO3. The van der Waals surface area contributed by atoms with E-state index in [1.165, 1.54) is 6.07 Å². The molecule has 5 heteroatoms. The van der Waals surface area contributed by atoms with Gasteiger partial charge in [0.05, 0.1) is 5.56 Å². The largest absolute Gasteiger partial charge is 0.483 e. The second-order valence-corrected chi connectivity index (χ2v) is 5.97. The maximum Gasteiger partial charge on any atom is 0.258 e.